The zero-order chi connectivity index (χ0) is 13.7. The highest BCUT2D eigenvalue weighted by Gasteiger charge is 2.22. The number of phenolic OH excluding ortho intramolecular Hbond substituents is 2. The largest absolute Gasteiger partial charge is 0.507 e. The van der Waals surface area contributed by atoms with Crippen molar-refractivity contribution >= 4 is 5.91 Å². The third kappa shape index (κ3) is 3.15. The molecule has 1 atom stereocenters. The molecule has 0 aliphatic rings. The van der Waals surface area contributed by atoms with E-state index in [1.807, 2.05) is 6.92 Å². The van der Waals surface area contributed by atoms with Crippen LogP contribution in [0.2, 0.25) is 0 Å². The van der Waals surface area contributed by atoms with Crippen molar-refractivity contribution in [3.63, 3.8) is 0 Å². The first kappa shape index (κ1) is 14.4. The van der Waals surface area contributed by atoms with E-state index in [0.29, 0.717) is 19.0 Å². The number of amides is 1. The highest BCUT2D eigenvalue weighted by molar-refractivity contribution is 5.99. The van der Waals surface area contributed by atoms with Gasteiger partial charge in [-0.1, -0.05) is 26.3 Å². The minimum absolute atomic E-state index is 0.0114. The quantitative estimate of drug-likeness (QED) is 0.845. The molecule has 4 nitrogen and oxygen atoms in total. The van der Waals surface area contributed by atoms with E-state index in [1.165, 1.54) is 18.2 Å². The minimum Gasteiger partial charge on any atom is -0.507 e. The molecular formula is C14H21NO3. The maximum Gasteiger partial charge on any atom is 0.261 e. The highest BCUT2D eigenvalue weighted by Crippen LogP contribution is 2.27. The van der Waals surface area contributed by atoms with E-state index in [2.05, 4.69) is 13.8 Å². The Hall–Kier alpha value is -1.71. The molecule has 1 aromatic carbocycles. The monoisotopic (exact) mass is 251 g/mol. The number of rotatable bonds is 5. The number of aromatic hydroxyl groups is 2. The van der Waals surface area contributed by atoms with Gasteiger partial charge in [0.1, 0.15) is 17.1 Å². The van der Waals surface area contributed by atoms with E-state index in [9.17, 15) is 15.0 Å². The standard InChI is InChI=1S/C14H21NO3/c1-4-10(3)9-15(5-2)14(18)13-11(16)7-6-8-12(13)17/h6-8,10,16-17H,4-5,9H2,1-3H3. The van der Waals surface area contributed by atoms with Gasteiger partial charge in [0.2, 0.25) is 0 Å². The van der Waals surface area contributed by atoms with Crippen LogP contribution in [-0.4, -0.2) is 34.1 Å². The molecule has 1 amide bonds. The Bertz CT molecular complexity index is 397. The molecule has 0 saturated heterocycles. The fourth-order valence-electron chi connectivity index (χ4n) is 1.77. The molecule has 0 aromatic heterocycles. The third-order valence-corrected chi connectivity index (χ3v) is 3.13. The molecule has 2 N–H and O–H groups in total. The van der Waals surface area contributed by atoms with Crippen LogP contribution in [-0.2, 0) is 0 Å². The van der Waals surface area contributed by atoms with Crippen LogP contribution >= 0.6 is 0 Å². The second-order valence-electron chi connectivity index (χ2n) is 4.53. The fraction of sp³-hybridized carbons (Fsp3) is 0.500. The summed E-state index contributed by atoms with van der Waals surface area (Å²) < 4.78 is 0. The van der Waals surface area contributed by atoms with Crippen molar-refractivity contribution in [3.05, 3.63) is 23.8 Å². The van der Waals surface area contributed by atoms with Crippen LogP contribution in [0.4, 0.5) is 0 Å². The lowest BCUT2D eigenvalue weighted by molar-refractivity contribution is 0.0734. The smallest absolute Gasteiger partial charge is 0.261 e. The van der Waals surface area contributed by atoms with E-state index in [4.69, 9.17) is 0 Å². The maximum absolute atomic E-state index is 12.3. The predicted molar refractivity (Wildman–Crippen MR) is 70.8 cm³/mol. The first-order valence-corrected chi connectivity index (χ1v) is 6.31. The summed E-state index contributed by atoms with van der Waals surface area (Å²) >= 11 is 0. The molecule has 0 aliphatic carbocycles. The van der Waals surface area contributed by atoms with E-state index >= 15 is 0 Å². The summed E-state index contributed by atoms with van der Waals surface area (Å²) in [7, 11) is 0. The highest BCUT2D eigenvalue weighted by atomic mass is 16.3. The van der Waals surface area contributed by atoms with E-state index in [-0.39, 0.29) is 23.0 Å². The summed E-state index contributed by atoms with van der Waals surface area (Å²) in [5, 5.41) is 19.4. The van der Waals surface area contributed by atoms with Crippen molar-refractivity contribution in [1.82, 2.24) is 4.90 Å². The molecule has 1 aromatic rings. The van der Waals surface area contributed by atoms with Gasteiger partial charge in [0.05, 0.1) is 0 Å². The van der Waals surface area contributed by atoms with Crippen molar-refractivity contribution in [2.24, 2.45) is 5.92 Å². The molecule has 1 rings (SSSR count). The Morgan fingerprint density at radius 2 is 1.83 bits per heavy atom. The van der Waals surface area contributed by atoms with Gasteiger partial charge in [-0.15, -0.1) is 0 Å². The lowest BCUT2D eigenvalue weighted by atomic mass is 10.1. The van der Waals surface area contributed by atoms with E-state index < -0.39 is 0 Å². The van der Waals surface area contributed by atoms with Gasteiger partial charge in [-0.25, -0.2) is 0 Å². The molecule has 100 valence electrons. The molecule has 18 heavy (non-hydrogen) atoms. The van der Waals surface area contributed by atoms with Gasteiger partial charge in [-0.2, -0.15) is 0 Å². The zero-order valence-corrected chi connectivity index (χ0v) is 11.2. The van der Waals surface area contributed by atoms with Crippen LogP contribution in [0.5, 0.6) is 11.5 Å². The van der Waals surface area contributed by atoms with E-state index in [1.54, 1.807) is 4.90 Å². The van der Waals surface area contributed by atoms with Crippen molar-refractivity contribution in [2.45, 2.75) is 27.2 Å². The maximum atomic E-state index is 12.3. The van der Waals surface area contributed by atoms with Gasteiger partial charge in [0.15, 0.2) is 0 Å². The van der Waals surface area contributed by atoms with Crippen LogP contribution in [0.15, 0.2) is 18.2 Å². The molecule has 4 heteroatoms. The van der Waals surface area contributed by atoms with Gasteiger partial charge < -0.3 is 15.1 Å². The number of nitrogens with zero attached hydrogens (tertiary/aromatic N) is 1. The van der Waals surface area contributed by atoms with Gasteiger partial charge in [-0.05, 0) is 25.0 Å². The zero-order valence-electron chi connectivity index (χ0n) is 11.2. The first-order chi connectivity index (χ1) is 8.51. The van der Waals surface area contributed by atoms with Crippen molar-refractivity contribution < 1.29 is 15.0 Å². The summed E-state index contributed by atoms with van der Waals surface area (Å²) in [5.41, 5.74) is -0.0114. The van der Waals surface area contributed by atoms with Crippen LogP contribution in [0.3, 0.4) is 0 Å². The second kappa shape index (κ2) is 6.28. The average molecular weight is 251 g/mol. The van der Waals surface area contributed by atoms with Crippen molar-refractivity contribution in [2.75, 3.05) is 13.1 Å². The Morgan fingerprint density at radius 1 is 1.28 bits per heavy atom. The molecule has 0 heterocycles. The number of hydrogen-bond acceptors (Lipinski definition) is 3. The molecule has 0 radical (unpaired) electrons. The Kier molecular flexibility index (Phi) is 5.01. The minimum atomic E-state index is -0.326. The second-order valence-corrected chi connectivity index (χ2v) is 4.53. The van der Waals surface area contributed by atoms with Crippen LogP contribution < -0.4 is 0 Å². The SMILES string of the molecule is CCC(C)CN(CC)C(=O)c1c(O)cccc1O. The van der Waals surface area contributed by atoms with E-state index in [0.717, 1.165) is 6.42 Å². The van der Waals surface area contributed by atoms with Crippen LogP contribution in [0, 0.1) is 5.92 Å². The summed E-state index contributed by atoms with van der Waals surface area (Å²) in [4.78, 5) is 13.9. The van der Waals surface area contributed by atoms with Crippen LogP contribution in [0.1, 0.15) is 37.6 Å². The Balaban J connectivity index is 2.97. The van der Waals surface area contributed by atoms with Gasteiger partial charge in [0, 0.05) is 13.1 Å². The Morgan fingerprint density at radius 3 is 2.28 bits per heavy atom. The summed E-state index contributed by atoms with van der Waals surface area (Å²) in [6.07, 6.45) is 0.983. The third-order valence-electron chi connectivity index (χ3n) is 3.13. The molecule has 0 spiro atoms. The first-order valence-electron chi connectivity index (χ1n) is 6.31. The van der Waals surface area contributed by atoms with Crippen molar-refractivity contribution in [3.8, 4) is 11.5 Å². The average Bonchev–Trinajstić information content (AvgIpc) is 2.35. The van der Waals surface area contributed by atoms with Gasteiger partial charge in [0.25, 0.3) is 5.91 Å². The topological polar surface area (TPSA) is 60.8 Å². The number of carbonyl (C=O) groups is 1. The number of hydrogen-bond donors (Lipinski definition) is 2. The lowest BCUT2D eigenvalue weighted by Gasteiger charge is -2.24. The Labute approximate surface area is 108 Å². The molecule has 0 bridgehead atoms. The van der Waals surface area contributed by atoms with Crippen LogP contribution in [0.25, 0.3) is 0 Å². The molecular weight excluding hydrogens is 230 g/mol. The molecule has 1 unspecified atom stereocenters. The number of carbonyl (C=O) groups excluding carboxylic acids is 1. The number of benzene rings is 1. The lowest BCUT2D eigenvalue weighted by Crippen LogP contribution is -2.34. The van der Waals surface area contributed by atoms with Gasteiger partial charge >= 0.3 is 0 Å². The number of phenols is 2. The predicted octanol–water partition coefficient (Wildman–Crippen LogP) is 2.61. The normalized spacial score (nSPS) is 12.2. The summed E-state index contributed by atoms with van der Waals surface area (Å²) in [6, 6.07) is 4.32. The summed E-state index contributed by atoms with van der Waals surface area (Å²) in [5.74, 6) is -0.291. The van der Waals surface area contributed by atoms with Gasteiger partial charge in [-0.3, -0.25) is 4.79 Å². The molecule has 0 saturated carbocycles. The fourth-order valence-corrected chi connectivity index (χ4v) is 1.77. The summed E-state index contributed by atoms with van der Waals surface area (Å²) in [6.45, 7) is 7.20. The van der Waals surface area contributed by atoms with Crippen molar-refractivity contribution in [1.29, 1.82) is 0 Å². The molecule has 0 aliphatic heterocycles. The molecule has 0 fully saturated rings.